The number of nitrogens with zero attached hydrogens (tertiary/aromatic N) is 5. The Kier molecular flexibility index (Phi) is 4.44. The highest BCUT2D eigenvalue weighted by molar-refractivity contribution is 7.99. The molecular formula is C13H22N6S. The summed E-state index contributed by atoms with van der Waals surface area (Å²) >= 11 is 2.00. The SMILES string of the molecule is CNc1nc(N2CCCCC2)nc(N2CCSCC2)n1. The molecule has 2 aliphatic rings. The fourth-order valence-corrected chi connectivity index (χ4v) is 3.51. The average molecular weight is 294 g/mol. The normalized spacial score (nSPS) is 20.1. The summed E-state index contributed by atoms with van der Waals surface area (Å²) in [5, 5.41) is 3.07. The summed E-state index contributed by atoms with van der Waals surface area (Å²) in [6, 6.07) is 0. The van der Waals surface area contributed by atoms with Gasteiger partial charge < -0.3 is 15.1 Å². The van der Waals surface area contributed by atoms with Crippen LogP contribution in [0.25, 0.3) is 0 Å². The van der Waals surface area contributed by atoms with Crippen molar-refractivity contribution < 1.29 is 0 Å². The molecule has 0 saturated carbocycles. The van der Waals surface area contributed by atoms with Crippen molar-refractivity contribution in [3.63, 3.8) is 0 Å². The molecule has 0 amide bonds. The van der Waals surface area contributed by atoms with E-state index in [9.17, 15) is 0 Å². The highest BCUT2D eigenvalue weighted by atomic mass is 32.2. The quantitative estimate of drug-likeness (QED) is 0.905. The molecule has 0 spiro atoms. The molecule has 1 aromatic rings. The van der Waals surface area contributed by atoms with Gasteiger partial charge in [-0.15, -0.1) is 0 Å². The molecule has 3 rings (SSSR count). The minimum absolute atomic E-state index is 0.675. The molecule has 0 radical (unpaired) electrons. The van der Waals surface area contributed by atoms with Gasteiger partial charge in [-0.3, -0.25) is 0 Å². The van der Waals surface area contributed by atoms with Gasteiger partial charge in [0.25, 0.3) is 0 Å². The third kappa shape index (κ3) is 3.08. The van der Waals surface area contributed by atoms with Crippen molar-refractivity contribution in [1.29, 1.82) is 0 Å². The Balaban J connectivity index is 1.85. The predicted octanol–water partition coefficient (Wildman–Crippen LogP) is 1.46. The van der Waals surface area contributed by atoms with Gasteiger partial charge in [0.15, 0.2) is 0 Å². The number of hydrogen-bond donors (Lipinski definition) is 1. The van der Waals surface area contributed by atoms with Gasteiger partial charge >= 0.3 is 0 Å². The standard InChI is InChI=1S/C13H22N6S/c1-14-11-15-12(18-5-3-2-4-6-18)17-13(16-11)19-7-9-20-10-8-19/h2-10H2,1H3,(H,14,15,16,17). The zero-order valence-electron chi connectivity index (χ0n) is 12.0. The van der Waals surface area contributed by atoms with Crippen LogP contribution in [0.1, 0.15) is 19.3 Å². The van der Waals surface area contributed by atoms with E-state index in [4.69, 9.17) is 4.98 Å². The Morgan fingerprint density at radius 3 is 2.05 bits per heavy atom. The Hall–Kier alpha value is -1.24. The van der Waals surface area contributed by atoms with Crippen molar-refractivity contribution >= 4 is 29.6 Å². The highest BCUT2D eigenvalue weighted by Gasteiger charge is 2.19. The molecule has 0 bridgehead atoms. The van der Waals surface area contributed by atoms with Crippen LogP contribution in [-0.2, 0) is 0 Å². The van der Waals surface area contributed by atoms with E-state index in [0.29, 0.717) is 5.95 Å². The molecular weight excluding hydrogens is 272 g/mol. The van der Waals surface area contributed by atoms with Crippen LogP contribution in [0.3, 0.4) is 0 Å². The van der Waals surface area contributed by atoms with E-state index in [1.807, 2.05) is 18.8 Å². The molecule has 20 heavy (non-hydrogen) atoms. The number of thioether (sulfide) groups is 1. The molecule has 3 heterocycles. The van der Waals surface area contributed by atoms with Gasteiger partial charge in [0, 0.05) is 44.7 Å². The summed E-state index contributed by atoms with van der Waals surface area (Å²) < 4.78 is 0. The first-order valence-corrected chi connectivity index (χ1v) is 8.54. The van der Waals surface area contributed by atoms with E-state index in [1.165, 1.54) is 19.3 Å². The smallest absolute Gasteiger partial charge is 0.232 e. The van der Waals surface area contributed by atoms with Crippen molar-refractivity contribution in [1.82, 2.24) is 15.0 Å². The third-order valence-corrected chi connectivity index (χ3v) is 4.71. The molecule has 0 aromatic carbocycles. The van der Waals surface area contributed by atoms with Crippen LogP contribution in [0.5, 0.6) is 0 Å². The van der Waals surface area contributed by atoms with Crippen molar-refractivity contribution in [2.45, 2.75) is 19.3 Å². The summed E-state index contributed by atoms with van der Waals surface area (Å²) in [7, 11) is 1.87. The third-order valence-electron chi connectivity index (χ3n) is 3.77. The molecule has 0 aliphatic carbocycles. The maximum Gasteiger partial charge on any atom is 0.232 e. The molecule has 2 fully saturated rings. The second kappa shape index (κ2) is 6.47. The van der Waals surface area contributed by atoms with E-state index in [0.717, 1.165) is 49.6 Å². The van der Waals surface area contributed by atoms with Crippen molar-refractivity contribution in [3.05, 3.63) is 0 Å². The fraction of sp³-hybridized carbons (Fsp3) is 0.769. The second-order valence-corrected chi connectivity index (χ2v) is 6.38. The van der Waals surface area contributed by atoms with Crippen molar-refractivity contribution in [3.8, 4) is 0 Å². The lowest BCUT2D eigenvalue weighted by molar-refractivity contribution is 0.567. The van der Waals surface area contributed by atoms with E-state index in [2.05, 4.69) is 25.1 Å². The van der Waals surface area contributed by atoms with E-state index in [-0.39, 0.29) is 0 Å². The first-order chi connectivity index (χ1) is 9.86. The minimum Gasteiger partial charge on any atom is -0.357 e. The van der Waals surface area contributed by atoms with Gasteiger partial charge in [0.1, 0.15) is 0 Å². The molecule has 6 nitrogen and oxygen atoms in total. The van der Waals surface area contributed by atoms with Crippen LogP contribution in [-0.4, -0.2) is 59.7 Å². The van der Waals surface area contributed by atoms with Gasteiger partial charge in [-0.25, -0.2) is 0 Å². The zero-order valence-corrected chi connectivity index (χ0v) is 12.8. The number of aromatic nitrogens is 3. The average Bonchev–Trinajstić information content (AvgIpc) is 2.56. The second-order valence-electron chi connectivity index (χ2n) is 5.16. The van der Waals surface area contributed by atoms with Crippen LogP contribution in [0, 0.1) is 0 Å². The van der Waals surface area contributed by atoms with E-state index < -0.39 is 0 Å². The monoisotopic (exact) mass is 294 g/mol. The van der Waals surface area contributed by atoms with Crippen molar-refractivity contribution in [2.24, 2.45) is 0 Å². The molecule has 7 heteroatoms. The Morgan fingerprint density at radius 1 is 0.850 bits per heavy atom. The lowest BCUT2D eigenvalue weighted by atomic mass is 10.1. The largest absolute Gasteiger partial charge is 0.357 e. The van der Waals surface area contributed by atoms with Gasteiger partial charge in [0.05, 0.1) is 0 Å². The summed E-state index contributed by atoms with van der Waals surface area (Å²) in [6.45, 7) is 4.17. The molecule has 0 unspecified atom stereocenters. The predicted molar refractivity (Wildman–Crippen MR) is 85.0 cm³/mol. The van der Waals surface area contributed by atoms with Crippen molar-refractivity contribution in [2.75, 3.05) is 59.8 Å². The summed E-state index contributed by atoms with van der Waals surface area (Å²) in [5.41, 5.74) is 0. The number of nitrogens with one attached hydrogen (secondary N) is 1. The summed E-state index contributed by atoms with van der Waals surface area (Å²) in [4.78, 5) is 18.3. The first-order valence-electron chi connectivity index (χ1n) is 7.38. The molecule has 2 saturated heterocycles. The Bertz CT molecular complexity index is 406. The molecule has 110 valence electrons. The number of anilines is 3. The van der Waals surface area contributed by atoms with E-state index >= 15 is 0 Å². The zero-order chi connectivity index (χ0) is 13.8. The lowest BCUT2D eigenvalue weighted by Gasteiger charge is -2.30. The van der Waals surface area contributed by atoms with Crippen LogP contribution in [0.4, 0.5) is 17.8 Å². The number of hydrogen-bond acceptors (Lipinski definition) is 7. The highest BCUT2D eigenvalue weighted by Crippen LogP contribution is 2.21. The fourth-order valence-electron chi connectivity index (χ4n) is 2.61. The number of rotatable bonds is 3. The van der Waals surface area contributed by atoms with Crippen LogP contribution in [0.2, 0.25) is 0 Å². The number of piperidine rings is 1. The van der Waals surface area contributed by atoms with Crippen LogP contribution >= 0.6 is 11.8 Å². The van der Waals surface area contributed by atoms with Gasteiger partial charge in [-0.2, -0.15) is 26.7 Å². The van der Waals surface area contributed by atoms with Crippen LogP contribution in [0.15, 0.2) is 0 Å². The molecule has 1 aromatic heterocycles. The maximum atomic E-state index is 4.71. The van der Waals surface area contributed by atoms with E-state index in [1.54, 1.807) is 0 Å². The van der Waals surface area contributed by atoms with Gasteiger partial charge in [-0.05, 0) is 19.3 Å². The lowest BCUT2D eigenvalue weighted by Crippen LogP contribution is -2.36. The molecule has 0 atom stereocenters. The molecule has 1 N–H and O–H groups in total. The van der Waals surface area contributed by atoms with Crippen LogP contribution < -0.4 is 15.1 Å². The van der Waals surface area contributed by atoms with Gasteiger partial charge in [0.2, 0.25) is 17.8 Å². The topological polar surface area (TPSA) is 57.2 Å². The Morgan fingerprint density at radius 2 is 1.45 bits per heavy atom. The van der Waals surface area contributed by atoms with Gasteiger partial charge in [-0.1, -0.05) is 0 Å². The minimum atomic E-state index is 0.675. The summed E-state index contributed by atoms with van der Waals surface area (Å²) in [5.74, 6) is 4.63. The molecule has 2 aliphatic heterocycles. The maximum absolute atomic E-state index is 4.71. The first kappa shape index (κ1) is 13.7. The summed E-state index contributed by atoms with van der Waals surface area (Å²) in [6.07, 6.45) is 3.78. The Labute approximate surface area is 124 Å².